The molecule has 1 heterocycles. The molecule has 0 spiro atoms. The van der Waals surface area contributed by atoms with Gasteiger partial charge in [0.1, 0.15) is 7.85 Å². The van der Waals surface area contributed by atoms with Crippen LogP contribution in [0.15, 0.2) is 35.5 Å². The highest BCUT2D eigenvalue weighted by molar-refractivity contribution is 8.00. The number of rotatable bonds is 5. The number of aromatic nitrogens is 2. The maximum Gasteiger partial charge on any atom is 0.228 e. The van der Waals surface area contributed by atoms with Gasteiger partial charge in [0.2, 0.25) is 5.95 Å². The zero-order valence-electron chi connectivity index (χ0n) is 11.9. The van der Waals surface area contributed by atoms with Gasteiger partial charge in [0, 0.05) is 22.8 Å². The average molecular weight is 300 g/mol. The molecule has 21 heavy (non-hydrogen) atoms. The molecule has 0 bridgehead atoms. The second-order valence-corrected chi connectivity index (χ2v) is 6.13. The molecule has 2 rings (SSSR count). The van der Waals surface area contributed by atoms with Crippen molar-refractivity contribution < 1.29 is 5.11 Å². The van der Waals surface area contributed by atoms with Crippen LogP contribution in [0.4, 0.5) is 17.3 Å². The van der Waals surface area contributed by atoms with Crippen molar-refractivity contribution in [3.05, 3.63) is 30.5 Å². The summed E-state index contributed by atoms with van der Waals surface area (Å²) in [6.07, 6.45) is 1.11. The molecule has 0 saturated heterocycles. The van der Waals surface area contributed by atoms with E-state index in [-0.39, 0.29) is 5.25 Å². The summed E-state index contributed by atoms with van der Waals surface area (Å²) < 4.78 is 0. The number of benzene rings is 1. The standard InChI is InChI=1S/C14H17BN4OS/c1-8(20)9(2)21-13-12(15)7-17-14(19-13)18-11-5-3-10(16)4-6-11/h3-9,20H,16H2,1-2H3,(H,17,18,19)/t8-,9-/m1/s1. The van der Waals surface area contributed by atoms with Gasteiger partial charge in [-0.2, -0.15) is 0 Å². The Bertz CT molecular complexity index is 606. The molecule has 0 fully saturated rings. The Labute approximate surface area is 129 Å². The number of thioether (sulfide) groups is 1. The lowest BCUT2D eigenvalue weighted by Gasteiger charge is -2.15. The Hall–Kier alpha value is -1.73. The third-order valence-electron chi connectivity index (χ3n) is 2.92. The van der Waals surface area contributed by atoms with Gasteiger partial charge >= 0.3 is 0 Å². The van der Waals surface area contributed by atoms with Crippen LogP contribution in [-0.2, 0) is 0 Å². The van der Waals surface area contributed by atoms with Gasteiger partial charge in [0.15, 0.2) is 0 Å². The fourth-order valence-electron chi connectivity index (χ4n) is 1.50. The topological polar surface area (TPSA) is 84.1 Å². The van der Waals surface area contributed by atoms with E-state index >= 15 is 0 Å². The lowest BCUT2D eigenvalue weighted by molar-refractivity contribution is 0.196. The van der Waals surface area contributed by atoms with Gasteiger partial charge in [-0.1, -0.05) is 6.92 Å². The first-order valence-corrected chi connectivity index (χ1v) is 7.43. The normalized spacial score (nSPS) is 13.7. The number of aliphatic hydroxyl groups is 1. The first-order valence-electron chi connectivity index (χ1n) is 6.55. The van der Waals surface area contributed by atoms with E-state index in [1.807, 2.05) is 19.1 Å². The lowest BCUT2D eigenvalue weighted by atomic mass is 10.0. The van der Waals surface area contributed by atoms with Crippen LogP contribution in [0.25, 0.3) is 0 Å². The summed E-state index contributed by atoms with van der Waals surface area (Å²) in [5, 5.41) is 13.3. The van der Waals surface area contributed by atoms with Crippen molar-refractivity contribution in [2.75, 3.05) is 11.1 Å². The Kier molecular flexibility index (Phi) is 5.09. The van der Waals surface area contributed by atoms with Gasteiger partial charge in [0.05, 0.1) is 11.1 Å². The molecule has 0 unspecified atom stereocenters. The van der Waals surface area contributed by atoms with E-state index in [0.29, 0.717) is 22.1 Å². The van der Waals surface area contributed by atoms with Crippen LogP contribution in [0.2, 0.25) is 0 Å². The minimum Gasteiger partial charge on any atom is -0.399 e. The molecule has 1 aromatic heterocycles. The van der Waals surface area contributed by atoms with Crippen molar-refractivity contribution in [1.29, 1.82) is 0 Å². The minimum atomic E-state index is -0.446. The van der Waals surface area contributed by atoms with Crippen molar-refractivity contribution in [2.24, 2.45) is 0 Å². The fourth-order valence-corrected chi connectivity index (χ4v) is 2.38. The van der Waals surface area contributed by atoms with Gasteiger partial charge in [-0.3, -0.25) is 0 Å². The average Bonchev–Trinajstić information content (AvgIpc) is 2.45. The Morgan fingerprint density at radius 3 is 2.57 bits per heavy atom. The lowest BCUT2D eigenvalue weighted by Crippen LogP contribution is -2.19. The van der Waals surface area contributed by atoms with Gasteiger partial charge in [-0.05, 0) is 36.7 Å². The Balaban J connectivity index is 2.16. The monoisotopic (exact) mass is 300 g/mol. The molecule has 5 nitrogen and oxygen atoms in total. The number of nitrogens with two attached hydrogens (primary N) is 1. The van der Waals surface area contributed by atoms with Crippen molar-refractivity contribution >= 4 is 42.4 Å². The van der Waals surface area contributed by atoms with Crippen LogP contribution in [-0.4, -0.2) is 34.3 Å². The molecule has 0 amide bonds. The molecule has 0 aliphatic rings. The Morgan fingerprint density at radius 2 is 1.95 bits per heavy atom. The number of nitrogens with one attached hydrogen (secondary N) is 1. The highest BCUT2D eigenvalue weighted by Gasteiger charge is 2.13. The van der Waals surface area contributed by atoms with Crippen LogP contribution in [0.5, 0.6) is 0 Å². The first kappa shape index (κ1) is 15.7. The smallest absolute Gasteiger partial charge is 0.228 e. The van der Waals surface area contributed by atoms with Gasteiger partial charge in [-0.25, -0.2) is 9.97 Å². The number of hydrogen-bond acceptors (Lipinski definition) is 6. The van der Waals surface area contributed by atoms with Crippen LogP contribution < -0.4 is 16.5 Å². The second-order valence-electron chi connectivity index (χ2n) is 4.76. The maximum absolute atomic E-state index is 9.57. The van der Waals surface area contributed by atoms with Crippen molar-refractivity contribution in [3.8, 4) is 0 Å². The third kappa shape index (κ3) is 4.37. The molecule has 1 aromatic carbocycles. The van der Waals surface area contributed by atoms with Gasteiger partial charge < -0.3 is 16.2 Å². The quantitative estimate of drug-likeness (QED) is 0.335. The third-order valence-corrected chi connectivity index (χ3v) is 4.24. The molecular weight excluding hydrogens is 283 g/mol. The van der Waals surface area contributed by atoms with Crippen molar-refractivity contribution in [1.82, 2.24) is 9.97 Å². The molecule has 4 N–H and O–H groups in total. The number of nitrogen functional groups attached to an aromatic ring is 1. The van der Waals surface area contributed by atoms with E-state index in [1.54, 1.807) is 25.3 Å². The number of nitrogens with zero attached hydrogens (tertiary/aromatic N) is 2. The van der Waals surface area contributed by atoms with Crippen LogP contribution in [0, 0.1) is 0 Å². The first-order chi connectivity index (χ1) is 9.95. The summed E-state index contributed by atoms with van der Waals surface area (Å²) in [6, 6.07) is 7.29. The predicted molar refractivity (Wildman–Crippen MR) is 88.6 cm³/mol. The molecule has 2 radical (unpaired) electrons. The molecule has 0 saturated carbocycles. The molecule has 0 aliphatic heterocycles. The highest BCUT2D eigenvalue weighted by atomic mass is 32.2. The summed E-state index contributed by atoms with van der Waals surface area (Å²) >= 11 is 1.42. The summed E-state index contributed by atoms with van der Waals surface area (Å²) in [4.78, 5) is 8.54. The molecule has 7 heteroatoms. The van der Waals surface area contributed by atoms with Crippen molar-refractivity contribution in [2.45, 2.75) is 30.2 Å². The van der Waals surface area contributed by atoms with E-state index < -0.39 is 6.10 Å². The van der Waals surface area contributed by atoms with Crippen LogP contribution >= 0.6 is 11.8 Å². The summed E-state index contributed by atoms with van der Waals surface area (Å²) in [5.41, 5.74) is 7.68. The predicted octanol–water partition coefficient (Wildman–Crippen LogP) is 1.46. The number of hydrogen-bond donors (Lipinski definition) is 3. The summed E-state index contributed by atoms with van der Waals surface area (Å²) in [7, 11) is 5.88. The van der Waals surface area contributed by atoms with Crippen molar-refractivity contribution in [3.63, 3.8) is 0 Å². The molecular formula is C14H17BN4OS. The zero-order valence-corrected chi connectivity index (χ0v) is 12.8. The van der Waals surface area contributed by atoms with Crippen LogP contribution in [0.1, 0.15) is 13.8 Å². The van der Waals surface area contributed by atoms with E-state index in [4.69, 9.17) is 13.6 Å². The van der Waals surface area contributed by atoms with E-state index in [9.17, 15) is 5.11 Å². The zero-order chi connectivity index (χ0) is 15.4. The second kappa shape index (κ2) is 6.82. The molecule has 2 aromatic rings. The molecule has 0 aliphatic carbocycles. The van der Waals surface area contributed by atoms with Gasteiger partial charge in [-0.15, -0.1) is 11.8 Å². The Morgan fingerprint density at radius 1 is 1.29 bits per heavy atom. The van der Waals surface area contributed by atoms with Crippen LogP contribution in [0.3, 0.4) is 0 Å². The van der Waals surface area contributed by atoms with E-state index in [0.717, 1.165) is 5.69 Å². The minimum absolute atomic E-state index is 0.00780. The van der Waals surface area contributed by atoms with E-state index in [1.165, 1.54) is 11.8 Å². The van der Waals surface area contributed by atoms with E-state index in [2.05, 4.69) is 15.3 Å². The number of aliphatic hydroxyl groups excluding tert-OH is 1. The summed E-state index contributed by atoms with van der Waals surface area (Å²) in [6.45, 7) is 3.66. The fraction of sp³-hybridized carbons (Fsp3) is 0.286. The highest BCUT2D eigenvalue weighted by Crippen LogP contribution is 2.23. The molecule has 108 valence electrons. The number of anilines is 3. The summed E-state index contributed by atoms with van der Waals surface area (Å²) in [5.74, 6) is 0.453. The SMILES string of the molecule is [B]c1cnc(Nc2ccc(N)cc2)nc1S[C@H](C)[C@@H](C)O. The maximum atomic E-state index is 9.57. The largest absolute Gasteiger partial charge is 0.399 e. The molecule has 2 atom stereocenters. The van der Waals surface area contributed by atoms with Gasteiger partial charge in [0.25, 0.3) is 0 Å².